The number of amides is 12. The molecule has 12 amide bonds. The van der Waals surface area contributed by atoms with E-state index in [0.29, 0.717) is 19.3 Å². The third-order valence-corrected chi connectivity index (χ3v) is 24.3. The summed E-state index contributed by atoms with van der Waals surface area (Å²) in [5, 5.41) is 7.43. The molecule has 3 aliphatic heterocycles. The number of carbonyl (C=O) groups is 12. The van der Waals surface area contributed by atoms with E-state index in [0.717, 1.165) is 32.4 Å². The molecule has 6 fully saturated rings. The zero-order chi connectivity index (χ0) is 81.3. The number of carbonyl (C=O) groups excluding carboxylic acids is 12. The van der Waals surface area contributed by atoms with Gasteiger partial charge >= 0.3 is 12.4 Å². The fourth-order valence-corrected chi connectivity index (χ4v) is 18.3. The maximum absolute atomic E-state index is 15.7. The van der Waals surface area contributed by atoms with Crippen LogP contribution in [-0.4, -0.2) is 282 Å². The van der Waals surface area contributed by atoms with E-state index in [4.69, 9.17) is 16.3 Å². The largest absolute Gasteiger partial charge is 0.393 e. The molecule has 3 unspecified atom stereocenters. The first-order valence-electron chi connectivity index (χ1n) is 39.1. The fraction of sp³-hybridized carbons (Fsp3) is 0.818. The number of hydrogen-bond acceptors (Lipinski definition) is 13. The smallest absolute Gasteiger partial charge is 0.377 e. The lowest BCUT2D eigenvalue weighted by molar-refractivity contribution is -0.184. The van der Waals surface area contributed by atoms with Crippen LogP contribution in [0.4, 0.5) is 26.3 Å². The lowest BCUT2D eigenvalue weighted by Crippen LogP contribution is -2.71. The standard InChI is InChI=1S/C77H121ClF6N12O13/c1-16-23-54-64(100)86-63(48-24-20-21-25-48)71(107)90(11)43-62(99)92(13)55-26-19-18-22-35-95(70(55)106)58(37-47-27-31-49(32-28-47)76(79,80)81)68(104)89(10)42-60(97)85-53(34-30-46-29-33-51(52(78)36-46)77(82,83)84)66(102)96-41-50(109-17-2)38-56(96)65(101)87-75(44-74(6,7)45-75)72(108)94(15)59(40-73(3,4)5)69(105)93(14)57(67(103)88(8)9)39-61(98)91(54)12/h18-19,46-59,63H,16-17,20-45H2,1-15H3,(H,85,97)(H,86,100)(H,87,101)/b19-18-/t46?,47?,49?,50-,51?,52?,53+,54+,55+,56+,57+,58+,59+,63+/m1/s1. The first-order valence-corrected chi connectivity index (χ1v) is 39.5. The number of halogens is 7. The molecule has 7 aliphatic rings. The van der Waals surface area contributed by atoms with Gasteiger partial charge < -0.3 is 64.8 Å². The molecule has 2 saturated heterocycles. The first kappa shape index (κ1) is 89.4. The van der Waals surface area contributed by atoms with Crippen LogP contribution in [0.2, 0.25) is 0 Å². The topological polar surface area (TPSA) is 279 Å². The van der Waals surface area contributed by atoms with Crippen LogP contribution in [-0.2, 0) is 62.3 Å². The number of fused-ring (bicyclic) bond motifs is 3. The minimum Gasteiger partial charge on any atom is -0.377 e. The van der Waals surface area contributed by atoms with Gasteiger partial charge in [0.25, 0.3) is 0 Å². The van der Waals surface area contributed by atoms with Gasteiger partial charge in [-0.15, -0.1) is 11.6 Å². The van der Waals surface area contributed by atoms with E-state index in [1.165, 1.54) is 80.9 Å². The SMILES string of the molecule is CCC[C@H]1C(=O)N[C@@H](C2CCCC2)C(=O)N(C)CC(=O)N(C)[C@H]2C/C=C\CCN(C2=O)[C@@H](CC2CCC(C(F)(F)F)CC2)C(=O)N(C)CC(=O)N[C@@H](CCC2CCC(C(F)(F)F)C(Cl)C2)C(=O)N2C[C@H](OCC)C[C@H]2C(=O)NC2(CC(C)(C)C2)C(=O)N(C)[C@@H](CC(C)(C)C)C(=O)N(C)[C@H](C(=O)N(C)C)CC(=O)N1C. The van der Waals surface area contributed by atoms with Crippen LogP contribution in [0, 0.1) is 40.4 Å². The van der Waals surface area contributed by atoms with Gasteiger partial charge in [-0.25, -0.2) is 0 Å². The van der Waals surface area contributed by atoms with E-state index in [-0.39, 0.29) is 129 Å². The molecule has 0 aromatic rings. The molecule has 616 valence electrons. The van der Waals surface area contributed by atoms with Crippen molar-refractivity contribution in [3.8, 4) is 0 Å². The number of nitrogens with one attached hydrogen (secondary N) is 3. The predicted octanol–water partition coefficient (Wildman–Crippen LogP) is 7.45. The van der Waals surface area contributed by atoms with Crippen molar-refractivity contribution in [3.05, 3.63) is 12.2 Å². The van der Waals surface area contributed by atoms with Gasteiger partial charge in [-0.2, -0.15) is 26.3 Å². The van der Waals surface area contributed by atoms with Crippen molar-refractivity contribution < 1.29 is 88.6 Å². The van der Waals surface area contributed by atoms with Gasteiger partial charge in [0.1, 0.15) is 53.9 Å². The summed E-state index contributed by atoms with van der Waals surface area (Å²) in [7, 11) is 11.1. The molecular formula is C77H121ClF6N12O13. The van der Waals surface area contributed by atoms with Crippen molar-refractivity contribution in [3.63, 3.8) is 0 Å². The Balaban J connectivity index is 1.33. The summed E-state index contributed by atoms with van der Waals surface area (Å²) >= 11 is 6.44. The van der Waals surface area contributed by atoms with E-state index in [1.807, 2.05) is 34.6 Å². The molecule has 3 N–H and O–H groups in total. The Morgan fingerprint density at radius 1 is 0.633 bits per heavy atom. The van der Waals surface area contributed by atoms with Gasteiger partial charge in [-0.3, -0.25) is 57.5 Å². The fourth-order valence-electron chi connectivity index (χ4n) is 17.8. The summed E-state index contributed by atoms with van der Waals surface area (Å²) in [5.74, 6) is -13.7. The van der Waals surface area contributed by atoms with Gasteiger partial charge in [0.2, 0.25) is 70.9 Å². The monoisotopic (exact) mass is 1570 g/mol. The van der Waals surface area contributed by atoms with Gasteiger partial charge in [-0.05, 0) is 151 Å². The highest BCUT2D eigenvalue weighted by molar-refractivity contribution is 6.21. The van der Waals surface area contributed by atoms with Crippen LogP contribution in [0.5, 0.6) is 0 Å². The molecule has 12 atom stereocenters. The Labute approximate surface area is 644 Å². The molecule has 0 aromatic carbocycles. The Bertz CT molecular complexity index is 3300. The maximum atomic E-state index is 15.7. The summed E-state index contributed by atoms with van der Waals surface area (Å²) in [6, 6.07) is -10.9. The zero-order valence-electron chi connectivity index (χ0n) is 66.6. The molecule has 32 heteroatoms. The van der Waals surface area contributed by atoms with Crippen molar-refractivity contribution in [1.82, 2.24) is 60.0 Å². The van der Waals surface area contributed by atoms with Crippen LogP contribution in [0.3, 0.4) is 0 Å². The molecular weight excluding hydrogens is 1450 g/mol. The molecule has 2 bridgehead atoms. The number of rotatable bonds is 12. The first-order chi connectivity index (χ1) is 50.7. The van der Waals surface area contributed by atoms with Gasteiger partial charge in [0.15, 0.2) is 0 Å². The maximum Gasteiger partial charge on any atom is 0.393 e. The second-order valence-corrected chi connectivity index (χ2v) is 34.9. The number of ether oxygens (including phenoxy) is 1. The van der Waals surface area contributed by atoms with Crippen molar-refractivity contribution in [2.75, 3.05) is 89.2 Å². The average Bonchev–Trinajstić information content (AvgIpc) is 1.33. The van der Waals surface area contributed by atoms with E-state index < -0.39 is 209 Å². The van der Waals surface area contributed by atoms with Crippen LogP contribution in [0.15, 0.2) is 12.2 Å². The minimum absolute atomic E-state index is 0.00152. The highest BCUT2D eigenvalue weighted by Gasteiger charge is 2.59. The minimum atomic E-state index is -4.58. The number of likely N-dealkylation sites (N-methyl/N-ethyl adjacent to an activating group) is 7. The molecule has 4 saturated carbocycles. The van der Waals surface area contributed by atoms with Crippen molar-refractivity contribution >= 4 is 82.5 Å². The van der Waals surface area contributed by atoms with Crippen LogP contribution >= 0.6 is 11.6 Å². The van der Waals surface area contributed by atoms with Crippen molar-refractivity contribution in [2.45, 2.75) is 274 Å². The lowest BCUT2D eigenvalue weighted by Gasteiger charge is -2.54. The van der Waals surface area contributed by atoms with E-state index >= 15 is 28.8 Å². The number of hydrogen-bond donors (Lipinski definition) is 3. The Morgan fingerprint density at radius 2 is 1.26 bits per heavy atom. The average molecular weight is 1570 g/mol. The molecule has 0 radical (unpaired) electrons. The van der Waals surface area contributed by atoms with Gasteiger partial charge in [0, 0.05) is 87.9 Å². The molecule has 0 aromatic heterocycles. The Morgan fingerprint density at radius 3 is 1.83 bits per heavy atom. The molecule has 109 heavy (non-hydrogen) atoms. The van der Waals surface area contributed by atoms with Gasteiger partial charge in [0.05, 0.1) is 37.5 Å². The highest BCUT2D eigenvalue weighted by atomic mass is 35.5. The van der Waals surface area contributed by atoms with Crippen LogP contribution in [0.25, 0.3) is 0 Å². The summed E-state index contributed by atoms with van der Waals surface area (Å²) in [6.45, 7) is 11.2. The molecule has 7 rings (SSSR count). The zero-order valence-corrected chi connectivity index (χ0v) is 67.3. The van der Waals surface area contributed by atoms with E-state index in [2.05, 4.69) is 16.0 Å². The second-order valence-electron chi connectivity index (χ2n) is 34.3. The quantitative estimate of drug-likeness (QED) is 0.0974. The van der Waals surface area contributed by atoms with Gasteiger partial charge in [-0.1, -0.05) is 73.0 Å². The number of alkyl halides is 7. The second kappa shape index (κ2) is 37.2. The number of nitrogens with zero attached hydrogens (tertiary/aromatic N) is 9. The summed E-state index contributed by atoms with van der Waals surface area (Å²) < 4.78 is 91.0. The third-order valence-electron chi connectivity index (χ3n) is 23.9. The molecule has 4 aliphatic carbocycles. The summed E-state index contributed by atoms with van der Waals surface area (Å²) in [4.78, 5) is 193. The van der Waals surface area contributed by atoms with E-state index in [9.17, 15) is 55.1 Å². The van der Waals surface area contributed by atoms with Crippen LogP contribution in [0.1, 0.15) is 196 Å². The predicted molar refractivity (Wildman–Crippen MR) is 395 cm³/mol. The molecule has 3 heterocycles. The molecule has 1 spiro atoms. The van der Waals surface area contributed by atoms with Crippen molar-refractivity contribution in [2.24, 2.45) is 40.4 Å². The Hall–Kier alpha value is -6.79. The highest BCUT2D eigenvalue weighted by Crippen LogP contribution is 2.50. The molecule has 25 nitrogen and oxygen atoms in total. The lowest BCUT2D eigenvalue weighted by atomic mass is 9.58. The van der Waals surface area contributed by atoms with Crippen molar-refractivity contribution in [1.29, 1.82) is 0 Å². The van der Waals surface area contributed by atoms with E-state index in [1.54, 1.807) is 26.0 Å². The van der Waals surface area contributed by atoms with Crippen LogP contribution < -0.4 is 16.0 Å². The third kappa shape index (κ3) is 22.5. The normalized spacial score (nSPS) is 31.4. The summed E-state index contributed by atoms with van der Waals surface area (Å²) in [6.07, 6.45) is -5.00. The Kier molecular flexibility index (Phi) is 30.5. The summed E-state index contributed by atoms with van der Waals surface area (Å²) in [5.41, 5.74) is -2.99.